The van der Waals surface area contributed by atoms with Crippen LogP contribution in [0.3, 0.4) is 0 Å². The van der Waals surface area contributed by atoms with Crippen molar-refractivity contribution in [3.63, 3.8) is 0 Å². The van der Waals surface area contributed by atoms with E-state index in [0.717, 1.165) is 18.4 Å². The molecule has 4 heteroatoms. The fourth-order valence-electron chi connectivity index (χ4n) is 2.04. The molecule has 2 aromatic rings. The van der Waals surface area contributed by atoms with Crippen molar-refractivity contribution in [2.75, 3.05) is 7.05 Å². The summed E-state index contributed by atoms with van der Waals surface area (Å²) in [6, 6.07) is 9.76. The molecule has 0 radical (unpaired) electrons. The number of thiophene rings is 1. The van der Waals surface area contributed by atoms with Gasteiger partial charge in [0.05, 0.1) is 4.47 Å². The fourth-order valence-corrected chi connectivity index (χ4v) is 3.53. The molecule has 0 amide bonds. The second kappa shape index (κ2) is 6.64. The number of hydrogen-bond donors (Lipinski definition) is 1. The Morgan fingerprint density at radius 2 is 2.11 bits per heavy atom. The lowest BCUT2D eigenvalue weighted by molar-refractivity contribution is 0.587. The summed E-state index contributed by atoms with van der Waals surface area (Å²) in [6.07, 6.45) is 1.84. The molecular weight excluding hydrogens is 325 g/mol. The van der Waals surface area contributed by atoms with E-state index in [1.165, 1.54) is 15.8 Å². The highest BCUT2D eigenvalue weighted by Crippen LogP contribution is 2.29. The van der Waals surface area contributed by atoms with Gasteiger partial charge in [0, 0.05) is 15.8 Å². The lowest BCUT2D eigenvalue weighted by Gasteiger charge is -2.15. The van der Waals surface area contributed by atoms with Gasteiger partial charge >= 0.3 is 0 Å². The van der Waals surface area contributed by atoms with Gasteiger partial charge in [0.1, 0.15) is 5.82 Å². The molecule has 0 bridgehead atoms. The fraction of sp³-hybridized carbons (Fsp3) is 0.333. The van der Waals surface area contributed by atoms with Crippen LogP contribution in [0.1, 0.15) is 28.3 Å². The first-order chi connectivity index (χ1) is 9.15. The Balaban J connectivity index is 2.21. The third-order valence-corrected chi connectivity index (χ3v) is 5.41. The van der Waals surface area contributed by atoms with Gasteiger partial charge in [-0.3, -0.25) is 0 Å². The molecule has 1 atom stereocenters. The second-order valence-electron chi connectivity index (χ2n) is 4.42. The van der Waals surface area contributed by atoms with Gasteiger partial charge in [-0.05, 0) is 59.6 Å². The lowest BCUT2D eigenvalue weighted by atomic mass is 10.0. The summed E-state index contributed by atoms with van der Waals surface area (Å²) in [5.74, 6) is -0.201. The molecule has 0 spiro atoms. The molecule has 0 aliphatic rings. The molecule has 2 rings (SSSR count). The standard InChI is InChI=1S/C15H17BrFNS/c1-3-11-7-8-14(19-11)13(18-2)9-10-5-4-6-12(17)15(10)16/h4-8,13,18H,3,9H2,1-2H3. The van der Waals surface area contributed by atoms with Crippen molar-refractivity contribution in [3.8, 4) is 0 Å². The highest BCUT2D eigenvalue weighted by molar-refractivity contribution is 9.10. The molecule has 0 aliphatic heterocycles. The Bertz CT molecular complexity index is 553. The number of benzene rings is 1. The molecular formula is C15H17BrFNS. The van der Waals surface area contributed by atoms with E-state index in [0.29, 0.717) is 4.47 Å². The van der Waals surface area contributed by atoms with E-state index >= 15 is 0 Å². The molecule has 1 nitrogen and oxygen atoms in total. The van der Waals surface area contributed by atoms with Gasteiger partial charge in [-0.25, -0.2) is 4.39 Å². The van der Waals surface area contributed by atoms with Gasteiger partial charge in [0.15, 0.2) is 0 Å². The highest BCUT2D eigenvalue weighted by Gasteiger charge is 2.15. The lowest BCUT2D eigenvalue weighted by Crippen LogP contribution is -2.18. The van der Waals surface area contributed by atoms with E-state index in [1.54, 1.807) is 6.07 Å². The number of rotatable bonds is 5. The topological polar surface area (TPSA) is 12.0 Å². The molecule has 1 unspecified atom stereocenters. The van der Waals surface area contributed by atoms with E-state index in [4.69, 9.17) is 0 Å². The predicted molar refractivity (Wildman–Crippen MR) is 83.3 cm³/mol. The van der Waals surface area contributed by atoms with Crippen molar-refractivity contribution >= 4 is 27.3 Å². The minimum Gasteiger partial charge on any atom is -0.312 e. The Labute approximate surface area is 126 Å². The number of nitrogens with one attached hydrogen (secondary N) is 1. The predicted octanol–water partition coefficient (Wildman–Crippen LogP) is 4.72. The zero-order valence-electron chi connectivity index (χ0n) is 11.0. The Hall–Kier alpha value is -0.710. The molecule has 102 valence electrons. The SMILES string of the molecule is CCc1ccc(C(Cc2cccc(F)c2Br)NC)s1. The minimum atomic E-state index is -0.201. The van der Waals surface area contributed by atoms with E-state index in [2.05, 4.69) is 40.3 Å². The van der Waals surface area contributed by atoms with Crippen LogP contribution in [0.25, 0.3) is 0 Å². The van der Waals surface area contributed by atoms with Gasteiger partial charge in [0.25, 0.3) is 0 Å². The number of aryl methyl sites for hydroxylation is 1. The maximum atomic E-state index is 13.5. The summed E-state index contributed by atoms with van der Waals surface area (Å²) < 4.78 is 14.1. The molecule has 1 heterocycles. The number of hydrogen-bond acceptors (Lipinski definition) is 2. The van der Waals surface area contributed by atoms with Crippen molar-refractivity contribution in [2.24, 2.45) is 0 Å². The Morgan fingerprint density at radius 3 is 2.74 bits per heavy atom. The van der Waals surface area contributed by atoms with Gasteiger partial charge in [-0.2, -0.15) is 0 Å². The van der Waals surface area contributed by atoms with Gasteiger partial charge in [-0.15, -0.1) is 11.3 Å². The Morgan fingerprint density at radius 1 is 1.32 bits per heavy atom. The van der Waals surface area contributed by atoms with Gasteiger partial charge in [-0.1, -0.05) is 19.1 Å². The third-order valence-electron chi connectivity index (χ3n) is 3.18. The molecule has 0 aliphatic carbocycles. The van der Waals surface area contributed by atoms with Crippen molar-refractivity contribution in [3.05, 3.63) is 55.9 Å². The van der Waals surface area contributed by atoms with Crippen LogP contribution in [0.2, 0.25) is 0 Å². The van der Waals surface area contributed by atoms with E-state index in [1.807, 2.05) is 24.5 Å². The first-order valence-corrected chi connectivity index (χ1v) is 7.95. The first kappa shape index (κ1) is 14.7. The number of likely N-dealkylation sites (N-methyl/N-ethyl adjacent to an activating group) is 1. The third kappa shape index (κ3) is 3.44. The Kier molecular flexibility index (Phi) is 5.13. The summed E-state index contributed by atoms with van der Waals surface area (Å²) in [5.41, 5.74) is 0.991. The van der Waals surface area contributed by atoms with Crippen LogP contribution < -0.4 is 5.32 Å². The van der Waals surface area contributed by atoms with Gasteiger partial charge in [0.2, 0.25) is 0 Å². The summed E-state index contributed by atoms with van der Waals surface area (Å²) in [4.78, 5) is 2.68. The van der Waals surface area contributed by atoms with Crippen LogP contribution in [-0.4, -0.2) is 7.05 Å². The highest BCUT2D eigenvalue weighted by atomic mass is 79.9. The second-order valence-corrected chi connectivity index (χ2v) is 6.41. The smallest absolute Gasteiger partial charge is 0.137 e. The first-order valence-electron chi connectivity index (χ1n) is 6.34. The molecule has 1 aromatic heterocycles. The van der Waals surface area contributed by atoms with Gasteiger partial charge < -0.3 is 5.32 Å². The van der Waals surface area contributed by atoms with Crippen molar-refractivity contribution in [1.82, 2.24) is 5.32 Å². The van der Waals surface area contributed by atoms with E-state index in [-0.39, 0.29) is 11.9 Å². The van der Waals surface area contributed by atoms with Crippen molar-refractivity contribution < 1.29 is 4.39 Å². The quantitative estimate of drug-likeness (QED) is 0.829. The van der Waals surface area contributed by atoms with Crippen LogP contribution in [-0.2, 0) is 12.8 Å². The minimum absolute atomic E-state index is 0.201. The van der Waals surface area contributed by atoms with Crippen LogP contribution in [0.5, 0.6) is 0 Å². The normalized spacial score (nSPS) is 12.6. The van der Waals surface area contributed by atoms with Crippen LogP contribution in [0, 0.1) is 5.82 Å². The molecule has 1 N–H and O–H groups in total. The summed E-state index contributed by atoms with van der Waals surface area (Å²) in [6.45, 7) is 2.16. The number of halogens is 2. The van der Waals surface area contributed by atoms with E-state index < -0.39 is 0 Å². The molecule has 1 aromatic carbocycles. The summed E-state index contributed by atoms with van der Waals surface area (Å²) in [5, 5.41) is 3.32. The molecule has 0 saturated carbocycles. The van der Waals surface area contributed by atoms with Crippen LogP contribution in [0.15, 0.2) is 34.8 Å². The monoisotopic (exact) mass is 341 g/mol. The largest absolute Gasteiger partial charge is 0.312 e. The van der Waals surface area contributed by atoms with Crippen LogP contribution in [0.4, 0.5) is 4.39 Å². The molecule has 19 heavy (non-hydrogen) atoms. The summed E-state index contributed by atoms with van der Waals surface area (Å²) in [7, 11) is 1.95. The zero-order valence-corrected chi connectivity index (χ0v) is 13.4. The average molecular weight is 342 g/mol. The average Bonchev–Trinajstić information content (AvgIpc) is 2.89. The maximum absolute atomic E-state index is 13.5. The summed E-state index contributed by atoms with van der Waals surface area (Å²) >= 11 is 5.15. The van der Waals surface area contributed by atoms with Crippen LogP contribution >= 0.6 is 27.3 Å². The maximum Gasteiger partial charge on any atom is 0.137 e. The van der Waals surface area contributed by atoms with Crippen molar-refractivity contribution in [1.29, 1.82) is 0 Å². The molecule has 0 saturated heterocycles. The van der Waals surface area contributed by atoms with E-state index in [9.17, 15) is 4.39 Å². The van der Waals surface area contributed by atoms with Crippen molar-refractivity contribution in [2.45, 2.75) is 25.8 Å². The molecule has 0 fully saturated rings. The zero-order chi connectivity index (χ0) is 13.8.